The zero-order chi connectivity index (χ0) is 17.5. The van der Waals surface area contributed by atoms with Crippen LogP contribution in [0, 0.1) is 0 Å². The van der Waals surface area contributed by atoms with Gasteiger partial charge in [0, 0.05) is 26.7 Å². The van der Waals surface area contributed by atoms with Gasteiger partial charge in [0.15, 0.2) is 0 Å². The van der Waals surface area contributed by atoms with Gasteiger partial charge in [-0.15, -0.1) is 0 Å². The summed E-state index contributed by atoms with van der Waals surface area (Å²) in [5.74, 6) is 0.678. The van der Waals surface area contributed by atoms with Crippen molar-refractivity contribution in [3.8, 4) is 0 Å². The minimum atomic E-state index is -0.120. The minimum absolute atomic E-state index is 0.0732. The molecule has 0 unspecified atom stereocenters. The molecule has 0 bridgehead atoms. The summed E-state index contributed by atoms with van der Waals surface area (Å²) in [6.45, 7) is 1.92. The molecule has 0 fully saturated rings. The molecule has 2 N–H and O–H groups in total. The van der Waals surface area contributed by atoms with Gasteiger partial charge < -0.3 is 19.9 Å². The van der Waals surface area contributed by atoms with Gasteiger partial charge in [0.05, 0.1) is 11.0 Å². The molecular weight excluding hydrogens is 316 g/mol. The summed E-state index contributed by atoms with van der Waals surface area (Å²) in [4.78, 5) is 16.2. The molecule has 3 aromatic rings. The first-order valence-corrected chi connectivity index (χ1v) is 8.26. The Morgan fingerprint density at radius 1 is 1.12 bits per heavy atom. The van der Waals surface area contributed by atoms with Crippen LogP contribution in [0.3, 0.4) is 0 Å². The van der Waals surface area contributed by atoms with Crippen molar-refractivity contribution in [2.75, 3.05) is 25.6 Å². The van der Waals surface area contributed by atoms with Crippen molar-refractivity contribution >= 4 is 22.9 Å². The molecule has 0 atom stereocenters. The molecule has 2 aromatic carbocycles. The van der Waals surface area contributed by atoms with Crippen LogP contribution in [0.4, 0.5) is 5.95 Å². The Bertz CT molecular complexity index is 830. The maximum Gasteiger partial charge on any atom is 0.246 e. The number of nitrogens with one attached hydrogen (secondary N) is 2. The minimum Gasteiger partial charge on any atom is -0.375 e. The number of nitrogens with zero attached hydrogens (tertiary/aromatic N) is 2. The van der Waals surface area contributed by atoms with Crippen molar-refractivity contribution in [1.82, 2.24) is 14.9 Å². The highest BCUT2D eigenvalue weighted by Crippen LogP contribution is 2.19. The number of fused-ring (bicyclic) bond motifs is 1. The molecule has 1 amide bonds. The van der Waals surface area contributed by atoms with Crippen molar-refractivity contribution in [1.29, 1.82) is 0 Å². The molecule has 6 heteroatoms. The number of benzene rings is 2. The zero-order valence-electron chi connectivity index (χ0n) is 14.2. The Kier molecular flexibility index (Phi) is 5.64. The van der Waals surface area contributed by atoms with Crippen LogP contribution in [0.15, 0.2) is 54.6 Å². The lowest BCUT2D eigenvalue weighted by molar-refractivity contribution is -0.124. The second kappa shape index (κ2) is 8.30. The predicted octanol–water partition coefficient (Wildman–Crippen LogP) is 2.41. The highest BCUT2D eigenvalue weighted by atomic mass is 16.5. The fraction of sp³-hybridized carbons (Fsp3) is 0.263. The SMILES string of the molecule is COCC(=O)NCCn1c(NCc2ccccc2)nc2ccccc21. The second-order valence-corrected chi connectivity index (χ2v) is 5.70. The van der Waals surface area contributed by atoms with E-state index in [-0.39, 0.29) is 12.5 Å². The number of carbonyl (C=O) groups is 1. The molecule has 0 saturated carbocycles. The number of anilines is 1. The number of amides is 1. The number of carbonyl (C=O) groups excluding carboxylic acids is 1. The van der Waals surface area contributed by atoms with Crippen molar-refractivity contribution in [2.45, 2.75) is 13.1 Å². The molecule has 0 spiro atoms. The number of imidazole rings is 1. The zero-order valence-corrected chi connectivity index (χ0v) is 14.2. The second-order valence-electron chi connectivity index (χ2n) is 5.70. The van der Waals surface area contributed by atoms with Crippen molar-refractivity contribution in [2.24, 2.45) is 0 Å². The molecule has 6 nitrogen and oxygen atoms in total. The summed E-state index contributed by atoms with van der Waals surface area (Å²) >= 11 is 0. The van der Waals surface area contributed by atoms with Crippen LogP contribution in [0.25, 0.3) is 11.0 Å². The fourth-order valence-electron chi connectivity index (χ4n) is 2.70. The molecule has 0 aliphatic rings. The van der Waals surface area contributed by atoms with Gasteiger partial charge in [-0.25, -0.2) is 4.98 Å². The van der Waals surface area contributed by atoms with Crippen molar-refractivity contribution < 1.29 is 9.53 Å². The van der Waals surface area contributed by atoms with Crippen LogP contribution in [-0.2, 0) is 22.6 Å². The molecule has 25 heavy (non-hydrogen) atoms. The summed E-state index contributed by atoms with van der Waals surface area (Å²) in [5.41, 5.74) is 3.16. The molecule has 0 saturated heterocycles. The Morgan fingerprint density at radius 3 is 2.68 bits per heavy atom. The molecule has 0 aliphatic heterocycles. The lowest BCUT2D eigenvalue weighted by Crippen LogP contribution is -2.30. The third kappa shape index (κ3) is 4.36. The maximum absolute atomic E-state index is 11.6. The van der Waals surface area contributed by atoms with E-state index in [2.05, 4.69) is 32.3 Å². The average Bonchev–Trinajstić information content (AvgIpc) is 2.99. The predicted molar refractivity (Wildman–Crippen MR) is 98.4 cm³/mol. The van der Waals surface area contributed by atoms with Crippen LogP contribution in [0.2, 0.25) is 0 Å². The normalized spacial score (nSPS) is 10.8. The number of hydrogen-bond acceptors (Lipinski definition) is 4. The molecular formula is C19H22N4O2. The van der Waals surface area contributed by atoms with Crippen LogP contribution >= 0.6 is 0 Å². The van der Waals surface area contributed by atoms with Gasteiger partial charge in [-0.2, -0.15) is 0 Å². The van der Waals surface area contributed by atoms with Crippen LogP contribution < -0.4 is 10.6 Å². The Morgan fingerprint density at radius 2 is 1.88 bits per heavy atom. The van der Waals surface area contributed by atoms with Crippen molar-refractivity contribution in [3.63, 3.8) is 0 Å². The summed E-state index contributed by atoms with van der Waals surface area (Å²) in [7, 11) is 1.51. The lowest BCUT2D eigenvalue weighted by atomic mass is 10.2. The summed E-state index contributed by atoms with van der Waals surface area (Å²) in [6.07, 6.45) is 0. The number of ether oxygens (including phenoxy) is 1. The van der Waals surface area contributed by atoms with Gasteiger partial charge in [0.2, 0.25) is 11.9 Å². The molecule has 130 valence electrons. The van der Waals surface area contributed by atoms with E-state index in [0.29, 0.717) is 19.6 Å². The molecule has 3 rings (SSSR count). The Balaban J connectivity index is 1.73. The van der Waals surface area contributed by atoms with Gasteiger partial charge in [-0.3, -0.25) is 4.79 Å². The van der Waals surface area contributed by atoms with E-state index in [9.17, 15) is 4.79 Å². The average molecular weight is 338 g/mol. The summed E-state index contributed by atoms with van der Waals surface area (Å²) in [6, 6.07) is 18.2. The van der Waals surface area contributed by atoms with E-state index in [0.717, 1.165) is 17.0 Å². The van der Waals surface area contributed by atoms with Gasteiger partial charge in [-0.05, 0) is 17.7 Å². The van der Waals surface area contributed by atoms with Crippen LogP contribution in [0.5, 0.6) is 0 Å². The smallest absolute Gasteiger partial charge is 0.246 e. The molecule has 0 aliphatic carbocycles. The van der Waals surface area contributed by atoms with E-state index < -0.39 is 0 Å². The quantitative estimate of drug-likeness (QED) is 0.662. The van der Waals surface area contributed by atoms with E-state index in [1.165, 1.54) is 12.7 Å². The fourth-order valence-corrected chi connectivity index (χ4v) is 2.70. The van der Waals surface area contributed by atoms with E-state index in [1.807, 2.05) is 42.5 Å². The summed E-state index contributed by atoms with van der Waals surface area (Å²) in [5, 5.41) is 6.24. The van der Waals surface area contributed by atoms with Gasteiger partial charge >= 0.3 is 0 Å². The van der Waals surface area contributed by atoms with E-state index >= 15 is 0 Å². The monoisotopic (exact) mass is 338 g/mol. The first-order valence-electron chi connectivity index (χ1n) is 8.26. The van der Waals surface area contributed by atoms with E-state index in [4.69, 9.17) is 4.74 Å². The third-order valence-electron chi connectivity index (χ3n) is 3.88. The van der Waals surface area contributed by atoms with Gasteiger partial charge in [-0.1, -0.05) is 42.5 Å². The number of para-hydroxylation sites is 2. The number of hydrogen-bond donors (Lipinski definition) is 2. The highest BCUT2D eigenvalue weighted by molar-refractivity contribution is 5.79. The first-order chi connectivity index (χ1) is 12.3. The van der Waals surface area contributed by atoms with Crippen molar-refractivity contribution in [3.05, 3.63) is 60.2 Å². The van der Waals surface area contributed by atoms with Crippen LogP contribution in [-0.4, -0.2) is 35.7 Å². The lowest BCUT2D eigenvalue weighted by Gasteiger charge is -2.11. The Labute approximate surface area is 146 Å². The third-order valence-corrected chi connectivity index (χ3v) is 3.88. The standard InChI is InChI=1S/C19H22N4O2/c1-25-14-18(24)20-11-12-23-17-10-6-5-9-16(17)22-19(23)21-13-15-7-3-2-4-8-15/h2-10H,11-14H2,1H3,(H,20,24)(H,21,22). The molecule has 1 heterocycles. The number of rotatable bonds is 8. The van der Waals surface area contributed by atoms with Gasteiger partial charge in [0.1, 0.15) is 6.61 Å². The molecule has 1 aromatic heterocycles. The van der Waals surface area contributed by atoms with Crippen LogP contribution in [0.1, 0.15) is 5.56 Å². The maximum atomic E-state index is 11.6. The van der Waals surface area contributed by atoms with Gasteiger partial charge in [0.25, 0.3) is 0 Å². The van der Waals surface area contributed by atoms with E-state index in [1.54, 1.807) is 0 Å². The highest BCUT2D eigenvalue weighted by Gasteiger charge is 2.10. The number of methoxy groups -OCH3 is 1. The number of aromatic nitrogens is 2. The molecule has 0 radical (unpaired) electrons. The summed E-state index contributed by atoms with van der Waals surface area (Å²) < 4.78 is 6.92. The Hall–Kier alpha value is -2.86. The first kappa shape index (κ1) is 17.0. The largest absolute Gasteiger partial charge is 0.375 e. The topological polar surface area (TPSA) is 68.2 Å².